The summed E-state index contributed by atoms with van der Waals surface area (Å²) in [7, 11) is 0. The van der Waals surface area contributed by atoms with E-state index in [1.807, 2.05) is 0 Å². The molecular formula is C10H5ClF6N2O. The van der Waals surface area contributed by atoms with E-state index in [0.717, 1.165) is 0 Å². The van der Waals surface area contributed by atoms with E-state index >= 15 is 0 Å². The van der Waals surface area contributed by atoms with Crippen LogP contribution in [0.3, 0.4) is 0 Å². The van der Waals surface area contributed by atoms with Crippen molar-refractivity contribution < 1.29 is 31.1 Å². The zero-order valence-corrected chi connectivity index (χ0v) is 10.2. The molecule has 10 heteroatoms. The molecule has 0 fully saturated rings. The van der Waals surface area contributed by atoms with E-state index in [1.165, 1.54) is 6.07 Å². The van der Waals surface area contributed by atoms with Gasteiger partial charge in [-0.15, -0.1) is 24.8 Å². The standard InChI is InChI=1S/C10H5ClF6N2O/c11-3-6-7(9(12,13)14)5(1-2-18)4-19-8(6)20-10(15,16)17/h4H,1,3H2. The third-order valence-electron chi connectivity index (χ3n) is 2.12. The van der Waals surface area contributed by atoms with Crippen LogP contribution in [0.4, 0.5) is 26.3 Å². The van der Waals surface area contributed by atoms with E-state index in [0.29, 0.717) is 6.20 Å². The zero-order chi connectivity index (χ0) is 15.6. The van der Waals surface area contributed by atoms with Crippen LogP contribution in [0.1, 0.15) is 16.7 Å². The van der Waals surface area contributed by atoms with Crippen molar-refractivity contribution in [1.82, 2.24) is 4.98 Å². The van der Waals surface area contributed by atoms with E-state index in [1.54, 1.807) is 0 Å². The van der Waals surface area contributed by atoms with Gasteiger partial charge in [0, 0.05) is 11.8 Å². The summed E-state index contributed by atoms with van der Waals surface area (Å²) in [5, 5.41) is 8.44. The number of pyridine rings is 1. The molecule has 0 aliphatic rings. The highest BCUT2D eigenvalue weighted by atomic mass is 35.5. The molecule has 1 aromatic rings. The van der Waals surface area contributed by atoms with Crippen LogP contribution in [0.15, 0.2) is 6.20 Å². The molecule has 0 radical (unpaired) electrons. The first-order valence-electron chi connectivity index (χ1n) is 4.86. The summed E-state index contributed by atoms with van der Waals surface area (Å²) in [5.41, 5.74) is -2.95. The van der Waals surface area contributed by atoms with Gasteiger partial charge in [-0.2, -0.15) is 18.4 Å². The summed E-state index contributed by atoms with van der Waals surface area (Å²) in [6.07, 6.45) is -10.3. The second-order valence-electron chi connectivity index (χ2n) is 3.46. The van der Waals surface area contributed by atoms with Crippen molar-refractivity contribution in [1.29, 1.82) is 5.26 Å². The lowest BCUT2D eigenvalue weighted by Gasteiger charge is -2.18. The van der Waals surface area contributed by atoms with Gasteiger partial charge in [-0.3, -0.25) is 0 Å². The van der Waals surface area contributed by atoms with Crippen LogP contribution < -0.4 is 4.74 Å². The van der Waals surface area contributed by atoms with Crippen LogP contribution in [0, 0.1) is 11.3 Å². The Bertz CT molecular complexity index is 534. The number of ether oxygens (including phenoxy) is 1. The molecule has 3 nitrogen and oxygen atoms in total. The molecule has 0 aromatic carbocycles. The van der Waals surface area contributed by atoms with Crippen molar-refractivity contribution >= 4 is 11.6 Å². The number of halogens is 7. The first kappa shape index (κ1) is 16.4. The van der Waals surface area contributed by atoms with Crippen LogP contribution in [0.2, 0.25) is 0 Å². The Kier molecular flexibility index (Phi) is 4.70. The summed E-state index contributed by atoms with van der Waals surface area (Å²) in [5.74, 6) is -2.17. The molecule has 0 amide bonds. The van der Waals surface area contributed by atoms with E-state index in [2.05, 4.69) is 9.72 Å². The van der Waals surface area contributed by atoms with Gasteiger partial charge < -0.3 is 4.74 Å². The lowest BCUT2D eigenvalue weighted by atomic mass is 10.0. The maximum Gasteiger partial charge on any atom is 0.574 e. The maximum absolute atomic E-state index is 12.9. The predicted molar refractivity (Wildman–Crippen MR) is 54.8 cm³/mol. The minimum Gasteiger partial charge on any atom is -0.388 e. The van der Waals surface area contributed by atoms with Gasteiger partial charge in [-0.25, -0.2) is 4.98 Å². The SMILES string of the molecule is N#CCc1cnc(OC(F)(F)F)c(CCl)c1C(F)(F)F. The minimum atomic E-state index is -5.20. The largest absolute Gasteiger partial charge is 0.574 e. The number of nitrogens with zero attached hydrogens (tertiary/aromatic N) is 2. The van der Waals surface area contributed by atoms with Crippen LogP contribution in [0.25, 0.3) is 0 Å². The van der Waals surface area contributed by atoms with Gasteiger partial charge in [-0.1, -0.05) is 0 Å². The molecule has 1 rings (SSSR count). The smallest absolute Gasteiger partial charge is 0.388 e. The fourth-order valence-electron chi connectivity index (χ4n) is 1.47. The number of hydrogen-bond acceptors (Lipinski definition) is 3. The first-order chi connectivity index (χ1) is 9.10. The molecule has 0 spiro atoms. The van der Waals surface area contributed by atoms with E-state index in [9.17, 15) is 26.3 Å². The van der Waals surface area contributed by atoms with Crippen LogP contribution in [-0.4, -0.2) is 11.3 Å². The molecule has 0 atom stereocenters. The van der Waals surface area contributed by atoms with Crippen LogP contribution >= 0.6 is 11.6 Å². The second kappa shape index (κ2) is 5.75. The summed E-state index contributed by atoms with van der Waals surface area (Å²) >= 11 is 5.27. The fourth-order valence-corrected chi connectivity index (χ4v) is 1.72. The highest BCUT2D eigenvalue weighted by Crippen LogP contribution is 2.39. The average molecular weight is 319 g/mol. The third kappa shape index (κ3) is 3.90. The molecule has 110 valence electrons. The van der Waals surface area contributed by atoms with Crippen molar-refractivity contribution in [3.05, 3.63) is 22.9 Å². The second-order valence-corrected chi connectivity index (χ2v) is 3.72. The van der Waals surface area contributed by atoms with Gasteiger partial charge in [-0.05, 0) is 5.56 Å². The molecular weight excluding hydrogens is 314 g/mol. The predicted octanol–water partition coefficient (Wildman–Crippen LogP) is 3.80. The number of rotatable bonds is 3. The molecule has 20 heavy (non-hydrogen) atoms. The molecule has 1 aromatic heterocycles. The normalized spacial score (nSPS) is 12.1. The molecule has 0 aliphatic carbocycles. The van der Waals surface area contributed by atoms with Crippen molar-refractivity contribution in [2.75, 3.05) is 0 Å². The van der Waals surface area contributed by atoms with Gasteiger partial charge in [0.1, 0.15) is 0 Å². The number of hydrogen-bond donors (Lipinski definition) is 0. The summed E-state index contributed by atoms with van der Waals surface area (Å²) in [4.78, 5) is 3.15. The maximum atomic E-state index is 12.9. The third-order valence-corrected chi connectivity index (χ3v) is 2.38. The molecule has 0 saturated heterocycles. The van der Waals surface area contributed by atoms with Crippen LogP contribution in [0.5, 0.6) is 5.88 Å². The Morgan fingerprint density at radius 2 is 1.85 bits per heavy atom. The van der Waals surface area contributed by atoms with Crippen molar-refractivity contribution in [2.24, 2.45) is 0 Å². The highest BCUT2D eigenvalue weighted by Gasteiger charge is 2.40. The monoisotopic (exact) mass is 318 g/mol. The van der Waals surface area contributed by atoms with Crippen molar-refractivity contribution in [3.63, 3.8) is 0 Å². The van der Waals surface area contributed by atoms with Gasteiger partial charge in [0.25, 0.3) is 0 Å². The molecule has 0 aliphatic heterocycles. The van der Waals surface area contributed by atoms with Crippen molar-refractivity contribution in [2.45, 2.75) is 24.8 Å². The van der Waals surface area contributed by atoms with E-state index < -0.39 is 47.4 Å². The fraction of sp³-hybridized carbons (Fsp3) is 0.400. The lowest BCUT2D eigenvalue weighted by molar-refractivity contribution is -0.276. The Labute approximate surface area is 113 Å². The Morgan fingerprint density at radius 1 is 1.25 bits per heavy atom. The van der Waals surface area contributed by atoms with Gasteiger partial charge in [0.15, 0.2) is 0 Å². The van der Waals surface area contributed by atoms with E-state index in [4.69, 9.17) is 16.9 Å². The zero-order valence-electron chi connectivity index (χ0n) is 9.44. The van der Waals surface area contributed by atoms with Gasteiger partial charge >= 0.3 is 12.5 Å². The van der Waals surface area contributed by atoms with E-state index in [-0.39, 0.29) is 0 Å². The number of nitriles is 1. The molecule has 0 saturated carbocycles. The molecule has 0 N–H and O–H groups in total. The Morgan fingerprint density at radius 3 is 2.25 bits per heavy atom. The number of alkyl halides is 7. The molecule has 1 heterocycles. The first-order valence-corrected chi connectivity index (χ1v) is 5.40. The van der Waals surface area contributed by atoms with Gasteiger partial charge in [0.2, 0.25) is 5.88 Å². The minimum absolute atomic E-state index is 0.517. The topological polar surface area (TPSA) is 45.9 Å². The lowest BCUT2D eigenvalue weighted by Crippen LogP contribution is -2.21. The Hall–Kier alpha value is -1.69. The Balaban J connectivity index is 3.49. The quantitative estimate of drug-likeness (QED) is 0.629. The summed E-state index contributed by atoms with van der Waals surface area (Å²) in [6, 6.07) is 1.47. The highest BCUT2D eigenvalue weighted by molar-refractivity contribution is 6.17. The van der Waals surface area contributed by atoms with Gasteiger partial charge in [0.05, 0.1) is 23.9 Å². The summed E-state index contributed by atoms with van der Waals surface area (Å²) in [6.45, 7) is 0. The summed E-state index contributed by atoms with van der Waals surface area (Å²) < 4.78 is 78.4. The number of aromatic nitrogens is 1. The molecule has 0 bridgehead atoms. The van der Waals surface area contributed by atoms with Crippen molar-refractivity contribution in [3.8, 4) is 11.9 Å². The average Bonchev–Trinajstić information content (AvgIpc) is 2.27. The van der Waals surface area contributed by atoms with Crippen LogP contribution in [-0.2, 0) is 18.5 Å². The molecule has 0 unspecified atom stereocenters.